The predicted molar refractivity (Wildman–Crippen MR) is 100.0 cm³/mol. The van der Waals surface area contributed by atoms with Crippen molar-refractivity contribution in [3.8, 4) is 0 Å². The van der Waals surface area contributed by atoms with Crippen molar-refractivity contribution in [3.05, 3.63) is 35.4 Å². The monoisotopic (exact) mass is 377 g/mol. The van der Waals surface area contributed by atoms with Crippen molar-refractivity contribution in [2.75, 3.05) is 6.61 Å². The van der Waals surface area contributed by atoms with Crippen LogP contribution < -0.4 is 0 Å². The average molecular weight is 378 g/mol. The molecule has 0 radical (unpaired) electrons. The minimum atomic E-state index is -2.04. The van der Waals surface area contributed by atoms with Crippen LogP contribution in [0.4, 0.5) is 0 Å². The van der Waals surface area contributed by atoms with Gasteiger partial charge in [-0.1, -0.05) is 38.0 Å². The summed E-state index contributed by atoms with van der Waals surface area (Å²) >= 11 is 0. The lowest BCUT2D eigenvalue weighted by atomic mass is 9.96. The highest BCUT2D eigenvalue weighted by Gasteiger charge is 2.44. The Balaban J connectivity index is 2.08. The summed E-state index contributed by atoms with van der Waals surface area (Å²) in [6, 6.07) is 6.39. The molecule has 0 saturated carbocycles. The second-order valence-corrected chi connectivity index (χ2v) is 13.6. The maximum atomic E-state index is 12.6. The smallest absolute Gasteiger partial charge is 0.341 e. The van der Waals surface area contributed by atoms with Gasteiger partial charge in [0.2, 0.25) is 0 Å². The van der Waals surface area contributed by atoms with Crippen LogP contribution >= 0.6 is 0 Å². The first-order valence-electron chi connectivity index (χ1n) is 8.62. The highest BCUT2D eigenvalue weighted by atomic mass is 28.4. The van der Waals surface area contributed by atoms with Crippen molar-refractivity contribution in [3.63, 3.8) is 0 Å². The first kappa shape index (κ1) is 20.3. The molecule has 2 amide bonds. The fraction of sp³-hybridized carbons (Fsp3) is 0.526. The van der Waals surface area contributed by atoms with Gasteiger partial charge in [-0.2, -0.15) is 0 Å². The Morgan fingerprint density at radius 3 is 1.88 bits per heavy atom. The van der Waals surface area contributed by atoms with E-state index in [0.29, 0.717) is 5.06 Å². The highest BCUT2D eigenvalue weighted by molar-refractivity contribution is 6.74. The molecule has 0 saturated heterocycles. The summed E-state index contributed by atoms with van der Waals surface area (Å²) in [4.78, 5) is 42.4. The number of nitrogens with zero attached hydrogens (tertiary/aromatic N) is 1. The third kappa shape index (κ3) is 3.73. The molecule has 0 aromatic heterocycles. The molecule has 2 rings (SSSR count). The molecule has 1 aliphatic rings. The third-order valence-electron chi connectivity index (χ3n) is 5.08. The summed E-state index contributed by atoms with van der Waals surface area (Å²) in [7, 11) is -2.04. The van der Waals surface area contributed by atoms with E-state index in [9.17, 15) is 14.4 Å². The van der Waals surface area contributed by atoms with E-state index in [4.69, 9.17) is 9.26 Å². The van der Waals surface area contributed by atoms with Crippen LogP contribution in [-0.2, 0) is 14.1 Å². The summed E-state index contributed by atoms with van der Waals surface area (Å²) in [6.45, 7) is 14.1. The Morgan fingerprint density at radius 1 is 1.00 bits per heavy atom. The molecule has 142 valence electrons. The fourth-order valence-corrected chi connectivity index (χ4v) is 3.25. The van der Waals surface area contributed by atoms with E-state index < -0.39 is 31.5 Å². The van der Waals surface area contributed by atoms with Gasteiger partial charge in [-0.3, -0.25) is 9.59 Å². The summed E-state index contributed by atoms with van der Waals surface area (Å²) in [6.07, 6.45) is 0. The normalized spacial score (nSPS) is 15.3. The standard InChI is InChI=1S/C19H27NO5Si/c1-18(2,3)26(6,7)24-12-19(4,5)17(23)25-20-15(21)13-10-8-9-11-14(13)16(20)22/h8-11H,12H2,1-7H3. The lowest BCUT2D eigenvalue weighted by Crippen LogP contribution is -2.46. The van der Waals surface area contributed by atoms with E-state index in [1.54, 1.807) is 26.0 Å². The zero-order valence-electron chi connectivity index (χ0n) is 16.5. The molecule has 6 nitrogen and oxygen atoms in total. The van der Waals surface area contributed by atoms with Gasteiger partial charge in [0.15, 0.2) is 8.32 Å². The fourth-order valence-electron chi connectivity index (χ4n) is 2.09. The molecule has 26 heavy (non-hydrogen) atoms. The number of imide groups is 1. The molecule has 0 unspecified atom stereocenters. The van der Waals surface area contributed by atoms with Gasteiger partial charge in [-0.15, -0.1) is 0 Å². The van der Waals surface area contributed by atoms with Crippen molar-refractivity contribution >= 4 is 26.1 Å². The van der Waals surface area contributed by atoms with Crippen LogP contribution in [-0.4, -0.2) is 37.8 Å². The molecule has 0 aliphatic carbocycles. The number of fused-ring (bicyclic) bond motifs is 1. The first-order valence-corrected chi connectivity index (χ1v) is 11.5. The van der Waals surface area contributed by atoms with Gasteiger partial charge in [0.05, 0.1) is 16.5 Å². The Hall–Kier alpha value is -1.99. The van der Waals surface area contributed by atoms with E-state index in [2.05, 4.69) is 33.9 Å². The molecule has 1 aliphatic heterocycles. The van der Waals surface area contributed by atoms with Gasteiger partial charge in [0, 0.05) is 6.61 Å². The SMILES string of the molecule is CC(C)(CO[Si](C)(C)C(C)(C)C)C(=O)ON1C(=O)c2ccccc2C1=O. The zero-order valence-corrected chi connectivity index (χ0v) is 17.5. The Morgan fingerprint density at radius 2 is 1.46 bits per heavy atom. The first-order chi connectivity index (χ1) is 11.8. The lowest BCUT2D eigenvalue weighted by Gasteiger charge is -2.38. The quantitative estimate of drug-likeness (QED) is 0.577. The molecule has 1 heterocycles. The Labute approximate surface area is 155 Å². The number of carbonyl (C=O) groups is 3. The maximum Gasteiger partial charge on any atom is 0.341 e. The van der Waals surface area contributed by atoms with E-state index in [1.807, 2.05) is 0 Å². The van der Waals surface area contributed by atoms with E-state index in [-0.39, 0.29) is 22.8 Å². The van der Waals surface area contributed by atoms with Crippen LogP contribution in [0.3, 0.4) is 0 Å². The molecule has 1 aromatic carbocycles. The zero-order chi connectivity index (χ0) is 19.9. The van der Waals surface area contributed by atoms with Gasteiger partial charge in [-0.25, -0.2) is 4.79 Å². The molecule has 0 N–H and O–H groups in total. The van der Waals surface area contributed by atoms with E-state index in [1.165, 1.54) is 12.1 Å². The van der Waals surface area contributed by atoms with Crippen LogP contribution in [0.5, 0.6) is 0 Å². The number of hydroxylamine groups is 2. The van der Waals surface area contributed by atoms with Crippen molar-refractivity contribution in [1.82, 2.24) is 5.06 Å². The summed E-state index contributed by atoms with van der Waals surface area (Å²) in [5.74, 6) is -1.93. The maximum absolute atomic E-state index is 12.6. The van der Waals surface area contributed by atoms with Gasteiger partial charge in [-0.05, 0) is 44.1 Å². The van der Waals surface area contributed by atoms with Crippen LogP contribution in [0.1, 0.15) is 55.3 Å². The van der Waals surface area contributed by atoms with Crippen molar-refractivity contribution < 1.29 is 23.6 Å². The van der Waals surface area contributed by atoms with Gasteiger partial charge >= 0.3 is 5.97 Å². The largest absolute Gasteiger partial charge is 0.416 e. The second-order valence-electron chi connectivity index (χ2n) is 8.76. The molecule has 0 spiro atoms. The number of rotatable bonds is 5. The molecule has 1 aromatic rings. The van der Waals surface area contributed by atoms with Crippen molar-refractivity contribution in [2.45, 2.75) is 52.8 Å². The molecule has 0 atom stereocenters. The predicted octanol–water partition coefficient (Wildman–Crippen LogP) is 3.79. The number of amides is 2. The molecule has 0 fully saturated rings. The number of benzene rings is 1. The van der Waals surface area contributed by atoms with Gasteiger partial charge in [0.1, 0.15) is 0 Å². The van der Waals surface area contributed by atoms with Gasteiger partial charge < -0.3 is 9.26 Å². The van der Waals surface area contributed by atoms with E-state index in [0.717, 1.165) is 0 Å². The van der Waals surface area contributed by atoms with Crippen LogP contribution in [0, 0.1) is 5.41 Å². The number of hydrogen-bond donors (Lipinski definition) is 0. The highest BCUT2D eigenvalue weighted by Crippen LogP contribution is 2.38. The van der Waals surface area contributed by atoms with Crippen molar-refractivity contribution in [1.29, 1.82) is 0 Å². The van der Waals surface area contributed by atoms with Gasteiger partial charge in [0.25, 0.3) is 11.8 Å². The minimum absolute atomic E-state index is 0.00944. The number of carbonyl (C=O) groups excluding carboxylic acids is 3. The minimum Gasteiger partial charge on any atom is -0.416 e. The Kier molecular flexibility index (Phi) is 5.18. The van der Waals surface area contributed by atoms with Crippen molar-refractivity contribution in [2.24, 2.45) is 5.41 Å². The van der Waals surface area contributed by atoms with Crippen LogP contribution in [0.15, 0.2) is 24.3 Å². The lowest BCUT2D eigenvalue weighted by molar-refractivity contribution is -0.181. The molecular weight excluding hydrogens is 350 g/mol. The summed E-state index contributed by atoms with van der Waals surface area (Å²) in [5.41, 5.74) is -0.522. The molecular formula is C19H27NO5Si. The summed E-state index contributed by atoms with van der Waals surface area (Å²) < 4.78 is 6.11. The topological polar surface area (TPSA) is 72.9 Å². The van der Waals surface area contributed by atoms with E-state index >= 15 is 0 Å². The molecule has 7 heteroatoms. The summed E-state index contributed by atoms with van der Waals surface area (Å²) in [5, 5.41) is 0.552. The number of hydrogen-bond acceptors (Lipinski definition) is 5. The third-order valence-corrected chi connectivity index (χ3v) is 9.56. The van der Waals surface area contributed by atoms with Crippen LogP contribution in [0.25, 0.3) is 0 Å². The second kappa shape index (κ2) is 6.63. The molecule has 0 bridgehead atoms. The average Bonchev–Trinajstić information content (AvgIpc) is 2.77. The van der Waals surface area contributed by atoms with Crippen LogP contribution in [0.2, 0.25) is 18.1 Å². The Bertz CT molecular complexity index is 714.